The Balaban J connectivity index is 6.46. The normalized spacial score (nSPS) is 15.1. The highest BCUT2D eigenvalue weighted by molar-refractivity contribution is 5.84. The Morgan fingerprint density at radius 1 is 0.586 bits per heavy atom. The van der Waals surface area contributed by atoms with Gasteiger partial charge in [-0.05, 0) is 6.92 Å². The summed E-state index contributed by atoms with van der Waals surface area (Å²) in [7, 11) is 0. The van der Waals surface area contributed by atoms with Crippen LogP contribution in [0.2, 0.25) is 0 Å². The highest BCUT2D eigenvalue weighted by Crippen LogP contribution is 2.60. The Kier molecular flexibility index (Phi) is 7.57. The van der Waals surface area contributed by atoms with E-state index in [0.29, 0.717) is 5.01 Å². The van der Waals surface area contributed by atoms with Crippen molar-refractivity contribution >= 4 is 5.91 Å². The molecule has 0 rings (SSSR count). The predicted octanol–water partition coefficient (Wildman–Crippen LogP) is 4.83. The molecule has 0 spiro atoms. The van der Waals surface area contributed by atoms with Gasteiger partial charge in [0.05, 0.1) is 0 Å². The lowest BCUT2D eigenvalue weighted by atomic mass is 9.93. The van der Waals surface area contributed by atoms with Crippen LogP contribution in [-0.4, -0.2) is 71.3 Å². The number of hydrogen-bond acceptors (Lipinski definition) is 2. The Hall–Kier alpha value is -1.48. The van der Waals surface area contributed by atoms with Gasteiger partial charge in [-0.15, -0.1) is 0 Å². The second-order valence-electron chi connectivity index (χ2n) is 5.53. The molecule has 3 nitrogen and oxygen atoms in total. The van der Waals surface area contributed by atoms with Gasteiger partial charge in [-0.1, -0.05) is 13.8 Å². The van der Waals surface area contributed by atoms with Crippen molar-refractivity contribution in [2.45, 2.75) is 56.6 Å². The zero-order chi connectivity index (χ0) is 23.9. The monoisotopic (exact) mass is 462 g/mol. The van der Waals surface area contributed by atoms with Crippen molar-refractivity contribution in [2.24, 2.45) is 0 Å². The summed E-state index contributed by atoms with van der Waals surface area (Å²) >= 11 is 0. The van der Waals surface area contributed by atoms with Crippen LogP contribution in [0.3, 0.4) is 0 Å². The molecule has 0 aromatic carbocycles. The molecule has 174 valence electrons. The fraction of sp³-hybridized carbons (Fsp3) is 0.923. The SMILES string of the molecule is CCN(CC)N(CC)C(=O)C(F)(F)C(F)(F)C(F)(F)C(F)(F)C(F)(F)C(F)(F)F. The summed E-state index contributed by atoms with van der Waals surface area (Å²) in [6, 6.07) is 0. The van der Waals surface area contributed by atoms with Crippen LogP contribution >= 0.6 is 0 Å². The van der Waals surface area contributed by atoms with Gasteiger partial charge in [-0.3, -0.25) is 9.80 Å². The molecule has 0 atom stereocenters. The van der Waals surface area contributed by atoms with Crippen LogP contribution in [-0.2, 0) is 4.79 Å². The lowest BCUT2D eigenvalue weighted by Gasteiger charge is -2.41. The van der Waals surface area contributed by atoms with E-state index in [9.17, 15) is 61.9 Å². The zero-order valence-corrected chi connectivity index (χ0v) is 14.8. The molecule has 0 aliphatic heterocycles. The van der Waals surface area contributed by atoms with Crippen LogP contribution in [0.5, 0.6) is 0 Å². The highest BCUT2D eigenvalue weighted by Gasteiger charge is 2.91. The molecule has 16 heteroatoms. The number of hydrazine groups is 1. The molecule has 0 aromatic heterocycles. The molecule has 0 saturated carbocycles. The first-order valence-electron chi connectivity index (χ1n) is 7.65. The largest absolute Gasteiger partial charge is 0.460 e. The molecule has 0 radical (unpaired) electrons. The van der Waals surface area contributed by atoms with E-state index in [-0.39, 0.29) is 18.1 Å². The van der Waals surface area contributed by atoms with Gasteiger partial charge < -0.3 is 0 Å². The molecule has 0 N–H and O–H groups in total. The molecule has 0 bridgehead atoms. The van der Waals surface area contributed by atoms with Crippen molar-refractivity contribution in [1.29, 1.82) is 0 Å². The number of hydrogen-bond donors (Lipinski definition) is 0. The highest BCUT2D eigenvalue weighted by atomic mass is 19.4. The van der Waals surface area contributed by atoms with Crippen molar-refractivity contribution in [1.82, 2.24) is 10.0 Å². The van der Waals surface area contributed by atoms with Gasteiger partial charge in [-0.25, -0.2) is 5.01 Å². The minimum absolute atomic E-state index is 0.246. The third-order valence-corrected chi connectivity index (χ3v) is 3.81. The minimum atomic E-state index is -8.03. The molecule has 0 aromatic rings. The van der Waals surface area contributed by atoms with Crippen molar-refractivity contribution in [3.63, 3.8) is 0 Å². The summed E-state index contributed by atoms with van der Waals surface area (Å²) < 4.78 is 170. The lowest BCUT2D eigenvalue weighted by molar-refractivity contribution is -0.436. The molecule has 1 amide bonds. The van der Waals surface area contributed by atoms with Crippen LogP contribution in [0.25, 0.3) is 0 Å². The first kappa shape index (κ1) is 27.5. The van der Waals surface area contributed by atoms with Gasteiger partial charge in [-0.2, -0.15) is 57.1 Å². The molecule has 0 saturated heterocycles. The third kappa shape index (κ3) is 3.95. The van der Waals surface area contributed by atoms with Crippen LogP contribution < -0.4 is 0 Å². The molecular formula is C13H15F13N2O. The Morgan fingerprint density at radius 2 is 0.931 bits per heavy atom. The smallest absolute Gasteiger partial charge is 0.270 e. The van der Waals surface area contributed by atoms with Crippen LogP contribution in [0.15, 0.2) is 0 Å². The maximum atomic E-state index is 13.9. The van der Waals surface area contributed by atoms with E-state index in [2.05, 4.69) is 0 Å². The minimum Gasteiger partial charge on any atom is -0.270 e. The Bertz CT molecular complexity index is 584. The molecule has 0 fully saturated rings. The average molecular weight is 462 g/mol. The van der Waals surface area contributed by atoms with Crippen LogP contribution in [0, 0.1) is 0 Å². The summed E-state index contributed by atoms with van der Waals surface area (Å²) in [5.41, 5.74) is 0. The molecular weight excluding hydrogens is 447 g/mol. The molecule has 29 heavy (non-hydrogen) atoms. The van der Waals surface area contributed by atoms with Gasteiger partial charge in [0.25, 0.3) is 0 Å². The van der Waals surface area contributed by atoms with Crippen LogP contribution in [0.1, 0.15) is 20.8 Å². The molecule has 0 heterocycles. The zero-order valence-electron chi connectivity index (χ0n) is 14.8. The Labute approximate surface area is 155 Å². The number of nitrogens with zero attached hydrogens (tertiary/aromatic N) is 2. The van der Waals surface area contributed by atoms with E-state index in [1.807, 2.05) is 0 Å². The summed E-state index contributed by atoms with van der Waals surface area (Å²) in [6.07, 6.45) is -7.49. The fourth-order valence-corrected chi connectivity index (χ4v) is 2.10. The van der Waals surface area contributed by atoms with Gasteiger partial charge >= 0.3 is 41.7 Å². The van der Waals surface area contributed by atoms with Gasteiger partial charge in [0.1, 0.15) is 0 Å². The Morgan fingerprint density at radius 3 is 1.21 bits per heavy atom. The van der Waals surface area contributed by atoms with Crippen LogP contribution in [0.4, 0.5) is 57.1 Å². The second kappa shape index (κ2) is 7.98. The van der Waals surface area contributed by atoms with Crippen molar-refractivity contribution < 1.29 is 61.9 Å². The first-order chi connectivity index (χ1) is 12.6. The number of halogens is 13. The van der Waals surface area contributed by atoms with Crippen molar-refractivity contribution in [2.75, 3.05) is 19.6 Å². The van der Waals surface area contributed by atoms with Gasteiger partial charge in [0.15, 0.2) is 0 Å². The maximum Gasteiger partial charge on any atom is 0.460 e. The topological polar surface area (TPSA) is 23.6 Å². The average Bonchev–Trinajstić information content (AvgIpc) is 2.57. The number of carbonyl (C=O) groups excluding carboxylic acids is 1. The van der Waals surface area contributed by atoms with E-state index in [4.69, 9.17) is 0 Å². The number of amides is 1. The van der Waals surface area contributed by atoms with Crippen molar-refractivity contribution in [3.05, 3.63) is 0 Å². The lowest BCUT2D eigenvalue weighted by Crippen LogP contribution is -2.72. The number of rotatable bonds is 9. The predicted molar refractivity (Wildman–Crippen MR) is 71.1 cm³/mol. The number of alkyl halides is 13. The molecule has 0 unspecified atom stereocenters. The summed E-state index contributed by atoms with van der Waals surface area (Å²) in [6.45, 7) is 1.75. The van der Waals surface area contributed by atoms with E-state index < -0.39 is 48.2 Å². The quantitative estimate of drug-likeness (QED) is 0.362. The van der Waals surface area contributed by atoms with E-state index >= 15 is 0 Å². The standard InChI is InChI=1S/C13H15F13N2O/c1-4-27(5-2)28(6-3)7(29)8(14,15)9(16,17)10(18,19)11(20,21)12(22,23)13(24,25)26/h4-6H2,1-3H3. The van der Waals surface area contributed by atoms with E-state index in [0.717, 1.165) is 6.92 Å². The fourth-order valence-electron chi connectivity index (χ4n) is 2.10. The maximum absolute atomic E-state index is 13.9. The second-order valence-corrected chi connectivity index (χ2v) is 5.53. The third-order valence-electron chi connectivity index (χ3n) is 3.81. The first-order valence-corrected chi connectivity index (χ1v) is 7.65. The van der Waals surface area contributed by atoms with Gasteiger partial charge in [0.2, 0.25) is 0 Å². The van der Waals surface area contributed by atoms with E-state index in [1.54, 1.807) is 0 Å². The van der Waals surface area contributed by atoms with E-state index in [1.165, 1.54) is 13.8 Å². The summed E-state index contributed by atoms with van der Waals surface area (Å²) in [5.74, 6) is -41.4. The van der Waals surface area contributed by atoms with Crippen molar-refractivity contribution in [3.8, 4) is 0 Å². The number of carbonyl (C=O) groups is 1. The van der Waals surface area contributed by atoms with Gasteiger partial charge in [0, 0.05) is 19.6 Å². The molecule has 0 aliphatic rings. The summed E-state index contributed by atoms with van der Waals surface area (Å²) in [4.78, 5) is 11.7. The summed E-state index contributed by atoms with van der Waals surface area (Å²) in [5, 5.41) is 0.344. The molecule has 0 aliphatic carbocycles.